The topological polar surface area (TPSA) is 23.5 Å². The Balaban J connectivity index is 1.91. The van der Waals surface area contributed by atoms with Crippen molar-refractivity contribution in [2.45, 2.75) is 31.8 Å². The van der Waals surface area contributed by atoms with Crippen LogP contribution in [0.2, 0.25) is 5.02 Å². The number of rotatable bonds is 6. The second kappa shape index (κ2) is 5.67. The normalized spacial score (nSPS) is 15.7. The summed E-state index contributed by atoms with van der Waals surface area (Å²) in [7, 11) is 0. The molecule has 0 aliphatic heterocycles. The van der Waals surface area contributed by atoms with Gasteiger partial charge in [-0.2, -0.15) is 0 Å². The molecule has 1 saturated carbocycles. The van der Waals surface area contributed by atoms with Crippen molar-refractivity contribution in [3.05, 3.63) is 34.9 Å². The Morgan fingerprint density at radius 1 is 1.25 bits per heavy atom. The minimum atomic E-state index is 0.282. The van der Waals surface area contributed by atoms with Gasteiger partial charge in [-0.05, 0) is 37.0 Å². The van der Waals surface area contributed by atoms with Crippen LogP contribution < -0.4 is 0 Å². The number of nitrogens with zero attached hydrogens (tertiary/aromatic N) is 1. The second-order valence-corrected chi connectivity index (χ2v) is 4.84. The minimum Gasteiger partial charge on any atom is -0.396 e. The summed E-state index contributed by atoms with van der Waals surface area (Å²) in [6, 6.07) is 8.78. The molecule has 0 radical (unpaired) electrons. The summed E-state index contributed by atoms with van der Waals surface area (Å²) >= 11 is 5.86. The second-order valence-electron chi connectivity index (χ2n) is 4.41. The molecular formula is C13H18ClNO. The van der Waals surface area contributed by atoms with Crippen molar-refractivity contribution in [1.29, 1.82) is 0 Å². The largest absolute Gasteiger partial charge is 0.396 e. The van der Waals surface area contributed by atoms with E-state index in [0.717, 1.165) is 30.6 Å². The molecule has 3 heteroatoms. The summed E-state index contributed by atoms with van der Waals surface area (Å²) in [6.45, 7) is 2.25. The molecule has 0 spiro atoms. The third kappa shape index (κ3) is 3.48. The molecule has 1 aliphatic rings. The van der Waals surface area contributed by atoms with Crippen molar-refractivity contribution in [1.82, 2.24) is 4.90 Å². The lowest BCUT2D eigenvalue weighted by atomic mass is 10.2. The highest BCUT2D eigenvalue weighted by atomic mass is 35.5. The van der Waals surface area contributed by atoms with Crippen molar-refractivity contribution >= 4 is 11.6 Å². The number of aliphatic hydroxyl groups is 1. The lowest BCUT2D eigenvalue weighted by molar-refractivity contribution is 0.211. The van der Waals surface area contributed by atoms with E-state index in [1.807, 2.05) is 12.1 Å². The van der Waals surface area contributed by atoms with Gasteiger partial charge in [0.2, 0.25) is 0 Å². The zero-order valence-corrected chi connectivity index (χ0v) is 10.2. The van der Waals surface area contributed by atoms with Crippen LogP contribution >= 0.6 is 11.6 Å². The van der Waals surface area contributed by atoms with E-state index < -0.39 is 0 Å². The first-order chi connectivity index (χ1) is 7.79. The summed E-state index contributed by atoms with van der Waals surface area (Å²) in [5.41, 5.74) is 1.30. The van der Waals surface area contributed by atoms with Crippen LogP contribution in [-0.4, -0.2) is 29.2 Å². The average molecular weight is 240 g/mol. The maximum Gasteiger partial charge on any atom is 0.0443 e. The Bertz CT molecular complexity index is 321. The van der Waals surface area contributed by atoms with E-state index in [2.05, 4.69) is 17.0 Å². The molecule has 2 nitrogen and oxygen atoms in total. The van der Waals surface area contributed by atoms with Gasteiger partial charge in [-0.25, -0.2) is 0 Å². The first-order valence-electron chi connectivity index (χ1n) is 5.89. The SMILES string of the molecule is OCCCN(Cc1ccc(Cl)cc1)C1CC1. The van der Waals surface area contributed by atoms with Gasteiger partial charge in [-0.3, -0.25) is 4.90 Å². The van der Waals surface area contributed by atoms with Crippen LogP contribution in [0.4, 0.5) is 0 Å². The van der Waals surface area contributed by atoms with E-state index in [1.54, 1.807) is 0 Å². The van der Waals surface area contributed by atoms with E-state index in [1.165, 1.54) is 18.4 Å². The quantitative estimate of drug-likeness (QED) is 0.825. The van der Waals surface area contributed by atoms with Crippen LogP contribution in [0.1, 0.15) is 24.8 Å². The molecule has 1 aromatic rings. The van der Waals surface area contributed by atoms with Crippen molar-refractivity contribution in [3.8, 4) is 0 Å². The van der Waals surface area contributed by atoms with Crippen LogP contribution in [0.25, 0.3) is 0 Å². The van der Waals surface area contributed by atoms with Crippen LogP contribution in [0.15, 0.2) is 24.3 Å². The van der Waals surface area contributed by atoms with E-state index >= 15 is 0 Å². The van der Waals surface area contributed by atoms with Gasteiger partial charge in [0.25, 0.3) is 0 Å². The number of hydrogen-bond donors (Lipinski definition) is 1. The molecule has 1 fully saturated rings. The third-order valence-electron chi connectivity index (χ3n) is 2.97. The standard InChI is InChI=1S/C13H18ClNO/c14-12-4-2-11(3-5-12)10-15(8-1-9-16)13-6-7-13/h2-5,13,16H,1,6-10H2. The molecule has 0 amide bonds. The zero-order valence-electron chi connectivity index (χ0n) is 9.40. The van der Waals surface area contributed by atoms with Crippen LogP contribution in [0, 0.1) is 0 Å². The molecule has 0 unspecified atom stereocenters. The molecule has 0 saturated heterocycles. The molecule has 1 N–H and O–H groups in total. The summed E-state index contributed by atoms with van der Waals surface area (Å²) in [5, 5.41) is 9.66. The molecule has 0 aromatic heterocycles. The molecular weight excluding hydrogens is 222 g/mol. The summed E-state index contributed by atoms with van der Waals surface area (Å²) < 4.78 is 0. The first kappa shape index (κ1) is 11.9. The van der Waals surface area contributed by atoms with Gasteiger partial charge < -0.3 is 5.11 Å². The van der Waals surface area contributed by atoms with Gasteiger partial charge >= 0.3 is 0 Å². The summed E-state index contributed by atoms with van der Waals surface area (Å²) in [6.07, 6.45) is 3.47. The highest BCUT2D eigenvalue weighted by Crippen LogP contribution is 2.28. The van der Waals surface area contributed by atoms with E-state index in [0.29, 0.717) is 0 Å². The fourth-order valence-corrected chi connectivity index (χ4v) is 2.05. The van der Waals surface area contributed by atoms with Gasteiger partial charge in [0.15, 0.2) is 0 Å². The Kier molecular flexibility index (Phi) is 4.22. The molecule has 88 valence electrons. The Labute approximate surface area is 102 Å². The van der Waals surface area contributed by atoms with Crippen molar-refractivity contribution in [3.63, 3.8) is 0 Å². The molecule has 16 heavy (non-hydrogen) atoms. The smallest absolute Gasteiger partial charge is 0.0443 e. The predicted molar refractivity (Wildman–Crippen MR) is 66.6 cm³/mol. The maximum absolute atomic E-state index is 8.88. The molecule has 2 rings (SSSR count). The van der Waals surface area contributed by atoms with Gasteiger partial charge in [-0.1, -0.05) is 23.7 Å². The van der Waals surface area contributed by atoms with Crippen LogP contribution in [0.3, 0.4) is 0 Å². The third-order valence-corrected chi connectivity index (χ3v) is 3.22. The first-order valence-corrected chi connectivity index (χ1v) is 6.27. The predicted octanol–water partition coefficient (Wildman–Crippen LogP) is 2.69. The Hall–Kier alpha value is -0.570. The van der Waals surface area contributed by atoms with Crippen LogP contribution in [-0.2, 0) is 6.54 Å². The number of halogens is 1. The number of benzene rings is 1. The van der Waals surface area contributed by atoms with Gasteiger partial charge in [0, 0.05) is 30.8 Å². The van der Waals surface area contributed by atoms with E-state index in [9.17, 15) is 0 Å². The van der Waals surface area contributed by atoms with Crippen molar-refractivity contribution in [2.75, 3.05) is 13.2 Å². The molecule has 0 bridgehead atoms. The lowest BCUT2D eigenvalue weighted by Crippen LogP contribution is -2.27. The fraction of sp³-hybridized carbons (Fsp3) is 0.538. The average Bonchev–Trinajstić information content (AvgIpc) is 3.11. The van der Waals surface area contributed by atoms with E-state index in [-0.39, 0.29) is 6.61 Å². The van der Waals surface area contributed by atoms with Crippen molar-refractivity contribution < 1.29 is 5.11 Å². The molecule has 0 atom stereocenters. The maximum atomic E-state index is 8.88. The highest BCUT2D eigenvalue weighted by Gasteiger charge is 2.28. The molecule has 1 aromatic carbocycles. The highest BCUT2D eigenvalue weighted by molar-refractivity contribution is 6.30. The van der Waals surface area contributed by atoms with Gasteiger partial charge in [0.1, 0.15) is 0 Å². The monoisotopic (exact) mass is 239 g/mol. The molecule has 1 aliphatic carbocycles. The van der Waals surface area contributed by atoms with Gasteiger partial charge in [-0.15, -0.1) is 0 Å². The van der Waals surface area contributed by atoms with Crippen molar-refractivity contribution in [2.24, 2.45) is 0 Å². The zero-order chi connectivity index (χ0) is 11.4. The number of hydrogen-bond acceptors (Lipinski definition) is 2. The summed E-state index contributed by atoms with van der Waals surface area (Å²) in [5.74, 6) is 0. The lowest BCUT2D eigenvalue weighted by Gasteiger charge is -2.21. The van der Waals surface area contributed by atoms with Crippen LogP contribution in [0.5, 0.6) is 0 Å². The Morgan fingerprint density at radius 3 is 2.50 bits per heavy atom. The minimum absolute atomic E-state index is 0.282. The summed E-state index contributed by atoms with van der Waals surface area (Å²) in [4.78, 5) is 2.46. The van der Waals surface area contributed by atoms with Gasteiger partial charge in [0.05, 0.1) is 0 Å². The molecule has 0 heterocycles. The van der Waals surface area contributed by atoms with E-state index in [4.69, 9.17) is 16.7 Å². The Morgan fingerprint density at radius 2 is 1.94 bits per heavy atom. The fourth-order valence-electron chi connectivity index (χ4n) is 1.93. The number of aliphatic hydroxyl groups excluding tert-OH is 1.